The second kappa shape index (κ2) is 6.35. The van der Waals surface area contributed by atoms with Gasteiger partial charge in [0, 0.05) is 29.8 Å². The van der Waals surface area contributed by atoms with Gasteiger partial charge in [-0.1, -0.05) is 73.7 Å². The Balaban J connectivity index is 1.93. The molecule has 1 aliphatic carbocycles. The van der Waals surface area contributed by atoms with Gasteiger partial charge in [-0.3, -0.25) is 4.79 Å². The normalized spacial score (nSPS) is 22.8. The minimum absolute atomic E-state index is 0.0712. The van der Waals surface area contributed by atoms with Crippen molar-refractivity contribution in [1.29, 1.82) is 0 Å². The van der Waals surface area contributed by atoms with Crippen LogP contribution in [0.1, 0.15) is 46.3 Å². The number of nitrogens with zero attached hydrogens (tertiary/aromatic N) is 1. The third kappa shape index (κ3) is 2.21. The van der Waals surface area contributed by atoms with E-state index in [-0.39, 0.29) is 17.5 Å². The zero-order chi connectivity index (χ0) is 20.2. The van der Waals surface area contributed by atoms with E-state index < -0.39 is 5.54 Å². The predicted molar refractivity (Wildman–Crippen MR) is 116 cm³/mol. The number of Topliss-reactive ketones (excluding diaryl/α,β-unsaturated/α-hetero) is 1. The lowest BCUT2D eigenvalue weighted by Gasteiger charge is -2.54. The van der Waals surface area contributed by atoms with Gasteiger partial charge in [-0.15, -0.1) is 0 Å². The molecule has 5 rings (SSSR count). The summed E-state index contributed by atoms with van der Waals surface area (Å²) in [6.45, 7) is 2.11. The molecule has 3 nitrogen and oxygen atoms in total. The molecule has 0 saturated carbocycles. The van der Waals surface area contributed by atoms with Gasteiger partial charge >= 0.3 is 0 Å². The van der Waals surface area contributed by atoms with Crippen molar-refractivity contribution in [3.63, 3.8) is 0 Å². The Labute approximate surface area is 170 Å². The molecule has 0 aromatic heterocycles. The SMILES string of the molecule is CC[C@@]12C(=C(O)c3ccccc3N1C)C(=O)c1ccccc1[C@H]2c1ccccc1. The maximum absolute atomic E-state index is 13.7. The number of ketones is 1. The lowest BCUT2D eigenvalue weighted by molar-refractivity contribution is 0.0994. The van der Waals surface area contributed by atoms with E-state index in [4.69, 9.17) is 0 Å². The van der Waals surface area contributed by atoms with Crippen LogP contribution in [0.3, 0.4) is 0 Å². The molecule has 3 aromatic rings. The molecule has 144 valence electrons. The predicted octanol–water partition coefficient (Wildman–Crippen LogP) is 5.58. The van der Waals surface area contributed by atoms with Gasteiger partial charge < -0.3 is 10.0 Å². The quantitative estimate of drug-likeness (QED) is 0.630. The van der Waals surface area contributed by atoms with Crippen molar-refractivity contribution in [2.75, 3.05) is 11.9 Å². The van der Waals surface area contributed by atoms with Crippen LogP contribution in [0.2, 0.25) is 0 Å². The fourth-order valence-electron chi connectivity index (χ4n) is 5.40. The molecule has 0 unspecified atom stereocenters. The number of hydrogen-bond acceptors (Lipinski definition) is 3. The fourth-order valence-corrected chi connectivity index (χ4v) is 5.40. The van der Waals surface area contributed by atoms with Gasteiger partial charge in [-0.2, -0.15) is 0 Å². The number of benzene rings is 3. The second-order valence-electron chi connectivity index (χ2n) is 7.84. The van der Waals surface area contributed by atoms with E-state index in [1.54, 1.807) is 0 Å². The van der Waals surface area contributed by atoms with Crippen LogP contribution in [0.15, 0.2) is 84.4 Å². The number of rotatable bonds is 2. The first-order chi connectivity index (χ1) is 14.1. The van der Waals surface area contributed by atoms with Crippen LogP contribution in [0, 0.1) is 0 Å². The summed E-state index contributed by atoms with van der Waals surface area (Å²) in [7, 11) is 2.05. The summed E-state index contributed by atoms with van der Waals surface area (Å²) in [5.74, 6) is -0.0347. The molecule has 2 atom stereocenters. The highest BCUT2D eigenvalue weighted by molar-refractivity contribution is 6.18. The Morgan fingerprint density at radius 1 is 0.897 bits per heavy atom. The molecular formula is C26H23NO2. The van der Waals surface area contributed by atoms with Crippen LogP contribution in [0.25, 0.3) is 5.76 Å². The Morgan fingerprint density at radius 3 is 2.24 bits per heavy atom. The molecule has 0 bridgehead atoms. The lowest BCUT2D eigenvalue weighted by Crippen LogP contribution is -2.58. The Kier molecular flexibility index (Phi) is 3.88. The van der Waals surface area contributed by atoms with Gasteiger partial charge in [0.25, 0.3) is 0 Å². The monoisotopic (exact) mass is 381 g/mol. The third-order valence-corrected chi connectivity index (χ3v) is 6.68. The molecule has 0 radical (unpaired) electrons. The number of hydrogen-bond donors (Lipinski definition) is 1. The molecule has 0 amide bonds. The van der Waals surface area contributed by atoms with Crippen molar-refractivity contribution in [2.45, 2.75) is 24.8 Å². The van der Waals surface area contributed by atoms with E-state index in [9.17, 15) is 9.90 Å². The standard InChI is InChI=1S/C26H23NO2/c1-3-26-22(17-11-5-4-6-12-17)18-13-7-8-14-19(18)24(28)23(26)25(29)20-15-9-10-16-21(20)27(26)2/h4-16,22,29H,3H2,1-2H3/t22-,26-/m1/s1. The smallest absolute Gasteiger partial charge is 0.195 e. The summed E-state index contributed by atoms with van der Waals surface area (Å²) in [6, 6.07) is 26.0. The molecule has 0 spiro atoms. The summed E-state index contributed by atoms with van der Waals surface area (Å²) < 4.78 is 0. The average Bonchev–Trinajstić information content (AvgIpc) is 2.78. The number of aliphatic hydroxyl groups excluding tert-OH is 1. The first kappa shape index (κ1) is 17.7. The number of carbonyl (C=O) groups excluding carboxylic acids is 1. The molecule has 2 aliphatic rings. The summed E-state index contributed by atoms with van der Waals surface area (Å²) >= 11 is 0. The number of fused-ring (bicyclic) bond motifs is 3. The van der Waals surface area contributed by atoms with Crippen molar-refractivity contribution in [2.24, 2.45) is 0 Å². The highest BCUT2D eigenvalue weighted by Gasteiger charge is 2.56. The van der Waals surface area contributed by atoms with Crippen molar-refractivity contribution in [3.8, 4) is 0 Å². The Bertz CT molecular complexity index is 1150. The zero-order valence-corrected chi connectivity index (χ0v) is 16.6. The van der Waals surface area contributed by atoms with Crippen molar-refractivity contribution >= 4 is 17.2 Å². The van der Waals surface area contributed by atoms with Crippen molar-refractivity contribution in [3.05, 3.63) is 107 Å². The average molecular weight is 381 g/mol. The molecule has 29 heavy (non-hydrogen) atoms. The van der Waals surface area contributed by atoms with E-state index in [0.717, 1.165) is 16.8 Å². The van der Waals surface area contributed by atoms with Gasteiger partial charge in [-0.25, -0.2) is 0 Å². The van der Waals surface area contributed by atoms with Gasteiger partial charge in [0.05, 0.1) is 11.1 Å². The maximum Gasteiger partial charge on any atom is 0.195 e. The molecule has 0 fully saturated rings. The summed E-state index contributed by atoms with van der Waals surface area (Å²) in [6.07, 6.45) is 0.691. The second-order valence-corrected chi connectivity index (χ2v) is 7.84. The highest BCUT2D eigenvalue weighted by atomic mass is 16.3. The molecule has 1 N–H and O–H groups in total. The van der Waals surface area contributed by atoms with Crippen LogP contribution >= 0.6 is 0 Å². The number of anilines is 1. The third-order valence-electron chi connectivity index (χ3n) is 6.68. The van der Waals surface area contributed by atoms with Gasteiger partial charge in [-0.05, 0) is 29.7 Å². The van der Waals surface area contributed by atoms with E-state index in [1.807, 2.05) is 67.7 Å². The largest absolute Gasteiger partial charge is 0.507 e. The number of aliphatic hydroxyl groups is 1. The van der Waals surface area contributed by atoms with Crippen LogP contribution in [-0.2, 0) is 0 Å². The van der Waals surface area contributed by atoms with Crippen LogP contribution in [-0.4, -0.2) is 23.5 Å². The summed E-state index contributed by atoms with van der Waals surface area (Å²) in [5, 5.41) is 11.4. The van der Waals surface area contributed by atoms with Crippen LogP contribution in [0.4, 0.5) is 5.69 Å². The van der Waals surface area contributed by atoms with E-state index in [2.05, 4.69) is 30.0 Å². The number of para-hydroxylation sites is 1. The molecule has 1 aliphatic heterocycles. The van der Waals surface area contributed by atoms with E-state index in [0.29, 0.717) is 23.1 Å². The topological polar surface area (TPSA) is 40.5 Å². The van der Waals surface area contributed by atoms with Crippen LogP contribution in [0.5, 0.6) is 0 Å². The van der Waals surface area contributed by atoms with Gasteiger partial charge in [0.2, 0.25) is 0 Å². The zero-order valence-electron chi connectivity index (χ0n) is 16.6. The number of carbonyl (C=O) groups is 1. The molecule has 0 saturated heterocycles. The van der Waals surface area contributed by atoms with Gasteiger partial charge in [0.1, 0.15) is 5.76 Å². The maximum atomic E-state index is 13.7. The minimum Gasteiger partial charge on any atom is -0.507 e. The fraction of sp³-hybridized carbons (Fsp3) is 0.192. The minimum atomic E-state index is -0.661. The highest BCUT2D eigenvalue weighted by Crippen LogP contribution is 2.56. The molecule has 1 heterocycles. The summed E-state index contributed by atoms with van der Waals surface area (Å²) in [4.78, 5) is 15.9. The van der Waals surface area contributed by atoms with Crippen molar-refractivity contribution in [1.82, 2.24) is 0 Å². The van der Waals surface area contributed by atoms with E-state index in [1.165, 1.54) is 0 Å². The molecule has 3 aromatic carbocycles. The lowest BCUT2D eigenvalue weighted by atomic mass is 9.60. The molecular weight excluding hydrogens is 358 g/mol. The number of likely N-dealkylation sites (N-methyl/N-ethyl adjacent to an activating group) is 1. The first-order valence-corrected chi connectivity index (χ1v) is 10.1. The first-order valence-electron chi connectivity index (χ1n) is 10.1. The van der Waals surface area contributed by atoms with Gasteiger partial charge in [0.15, 0.2) is 5.78 Å². The Hall–Kier alpha value is -3.33. The summed E-state index contributed by atoms with van der Waals surface area (Å²) in [5.41, 5.74) is 4.36. The Morgan fingerprint density at radius 2 is 1.52 bits per heavy atom. The van der Waals surface area contributed by atoms with Crippen molar-refractivity contribution < 1.29 is 9.90 Å². The molecule has 3 heteroatoms. The van der Waals surface area contributed by atoms with E-state index >= 15 is 0 Å². The van der Waals surface area contributed by atoms with Crippen LogP contribution < -0.4 is 4.90 Å².